The van der Waals surface area contributed by atoms with Crippen molar-refractivity contribution in [2.24, 2.45) is 5.73 Å². The predicted molar refractivity (Wildman–Crippen MR) is 54.9 cm³/mol. The molecule has 4 nitrogen and oxygen atoms in total. The van der Waals surface area contributed by atoms with Crippen LogP contribution < -0.4 is 11.1 Å². The second kappa shape index (κ2) is 3.67. The first-order valence-corrected chi connectivity index (χ1v) is 4.29. The molecule has 76 valence electrons. The Morgan fingerprint density at radius 2 is 2.00 bits per heavy atom. The number of rotatable bonds is 2. The van der Waals surface area contributed by atoms with E-state index in [1.807, 2.05) is 0 Å². The molecule has 0 aliphatic rings. The van der Waals surface area contributed by atoms with Gasteiger partial charge >= 0.3 is 6.03 Å². The van der Waals surface area contributed by atoms with Crippen LogP contribution in [0, 0.1) is 0 Å². The number of hydrogen-bond acceptors (Lipinski definition) is 2. The fourth-order valence-corrected chi connectivity index (χ4v) is 1.26. The van der Waals surface area contributed by atoms with Crippen molar-refractivity contribution in [3.05, 3.63) is 29.8 Å². The van der Waals surface area contributed by atoms with Crippen LogP contribution in [0.15, 0.2) is 24.3 Å². The molecule has 1 aromatic carbocycles. The van der Waals surface area contributed by atoms with E-state index in [-0.39, 0.29) is 0 Å². The van der Waals surface area contributed by atoms with Crippen molar-refractivity contribution in [3.8, 4) is 0 Å². The molecule has 0 fully saturated rings. The van der Waals surface area contributed by atoms with Gasteiger partial charge in [-0.05, 0) is 19.9 Å². The number of benzene rings is 1. The third-order valence-corrected chi connectivity index (χ3v) is 1.84. The molecule has 0 radical (unpaired) electrons. The SMILES string of the molecule is CC(C)(O)c1ccccc1NC(N)=O. The Morgan fingerprint density at radius 1 is 1.43 bits per heavy atom. The van der Waals surface area contributed by atoms with Crippen molar-refractivity contribution in [2.45, 2.75) is 19.4 Å². The number of carbonyl (C=O) groups excluding carboxylic acids is 1. The lowest BCUT2D eigenvalue weighted by Gasteiger charge is -2.21. The molecule has 14 heavy (non-hydrogen) atoms. The lowest BCUT2D eigenvalue weighted by atomic mass is 9.96. The van der Waals surface area contributed by atoms with Crippen LogP contribution in [0.5, 0.6) is 0 Å². The number of urea groups is 1. The molecule has 1 rings (SSSR count). The van der Waals surface area contributed by atoms with Crippen molar-refractivity contribution in [2.75, 3.05) is 5.32 Å². The Morgan fingerprint density at radius 3 is 2.50 bits per heavy atom. The molecule has 0 aliphatic carbocycles. The van der Waals surface area contributed by atoms with Gasteiger partial charge in [0.05, 0.1) is 5.60 Å². The van der Waals surface area contributed by atoms with Gasteiger partial charge < -0.3 is 16.2 Å². The third-order valence-electron chi connectivity index (χ3n) is 1.84. The third kappa shape index (κ3) is 2.47. The van der Waals surface area contributed by atoms with Crippen LogP contribution in [0.4, 0.5) is 10.5 Å². The molecule has 0 saturated carbocycles. The summed E-state index contributed by atoms with van der Waals surface area (Å²) in [5, 5.41) is 12.2. The van der Waals surface area contributed by atoms with Crippen molar-refractivity contribution >= 4 is 11.7 Å². The Balaban J connectivity index is 3.10. The molecular weight excluding hydrogens is 180 g/mol. The van der Waals surface area contributed by atoms with Crippen molar-refractivity contribution in [1.29, 1.82) is 0 Å². The number of hydrogen-bond donors (Lipinski definition) is 3. The summed E-state index contributed by atoms with van der Waals surface area (Å²) >= 11 is 0. The van der Waals surface area contributed by atoms with E-state index in [1.54, 1.807) is 38.1 Å². The lowest BCUT2D eigenvalue weighted by Crippen LogP contribution is -2.24. The molecule has 0 saturated heterocycles. The van der Waals surface area contributed by atoms with E-state index in [9.17, 15) is 9.90 Å². The topological polar surface area (TPSA) is 75.3 Å². The van der Waals surface area contributed by atoms with Crippen LogP contribution >= 0.6 is 0 Å². The summed E-state index contributed by atoms with van der Waals surface area (Å²) in [5.74, 6) is 0. The normalized spacial score (nSPS) is 11.1. The zero-order valence-corrected chi connectivity index (χ0v) is 8.24. The summed E-state index contributed by atoms with van der Waals surface area (Å²) in [4.78, 5) is 10.7. The smallest absolute Gasteiger partial charge is 0.316 e. The summed E-state index contributed by atoms with van der Waals surface area (Å²) in [6, 6.07) is 6.35. The highest BCUT2D eigenvalue weighted by Crippen LogP contribution is 2.26. The fraction of sp³-hybridized carbons (Fsp3) is 0.300. The molecule has 4 heteroatoms. The number of amides is 2. The maximum absolute atomic E-state index is 10.7. The molecule has 0 unspecified atom stereocenters. The van der Waals surface area contributed by atoms with Gasteiger partial charge in [0, 0.05) is 11.3 Å². The van der Waals surface area contributed by atoms with Crippen molar-refractivity contribution in [3.63, 3.8) is 0 Å². The Kier molecular flexibility index (Phi) is 2.76. The van der Waals surface area contributed by atoms with Crippen LogP contribution in [0.3, 0.4) is 0 Å². The van der Waals surface area contributed by atoms with Crippen molar-refractivity contribution in [1.82, 2.24) is 0 Å². The number of carbonyl (C=O) groups is 1. The zero-order chi connectivity index (χ0) is 10.8. The van der Waals surface area contributed by atoms with E-state index in [2.05, 4.69) is 5.32 Å². The highest BCUT2D eigenvalue weighted by molar-refractivity contribution is 5.88. The first-order valence-electron chi connectivity index (χ1n) is 4.29. The highest BCUT2D eigenvalue weighted by Gasteiger charge is 2.19. The van der Waals surface area contributed by atoms with E-state index in [4.69, 9.17) is 5.73 Å². The first kappa shape index (κ1) is 10.5. The fourth-order valence-electron chi connectivity index (χ4n) is 1.26. The quantitative estimate of drug-likeness (QED) is 0.665. The number of primary amides is 1. The van der Waals surface area contributed by atoms with Crippen molar-refractivity contribution < 1.29 is 9.90 Å². The minimum absolute atomic E-state index is 0.535. The van der Waals surface area contributed by atoms with Gasteiger partial charge in [0.25, 0.3) is 0 Å². The molecule has 1 aromatic rings. The number of anilines is 1. The minimum Gasteiger partial charge on any atom is -0.386 e. The van der Waals surface area contributed by atoms with E-state index in [1.165, 1.54) is 0 Å². The number of nitrogens with two attached hydrogens (primary N) is 1. The average Bonchev–Trinajstić information content (AvgIpc) is 2.01. The standard InChI is InChI=1S/C10H14N2O2/c1-10(2,14)7-5-3-4-6-8(7)12-9(11)13/h3-6,14H,1-2H3,(H3,11,12,13). The molecule has 0 aliphatic heterocycles. The van der Waals surface area contributed by atoms with Gasteiger partial charge in [-0.1, -0.05) is 18.2 Å². The van der Waals surface area contributed by atoms with Gasteiger partial charge in [0.15, 0.2) is 0 Å². The zero-order valence-electron chi connectivity index (χ0n) is 8.24. The van der Waals surface area contributed by atoms with E-state index in [0.717, 1.165) is 0 Å². The van der Waals surface area contributed by atoms with E-state index < -0.39 is 11.6 Å². The predicted octanol–water partition coefficient (Wildman–Crippen LogP) is 1.40. The number of aliphatic hydroxyl groups is 1. The molecule has 0 heterocycles. The minimum atomic E-state index is -1.00. The van der Waals surface area contributed by atoms with Crippen LogP contribution in [0.25, 0.3) is 0 Å². The largest absolute Gasteiger partial charge is 0.386 e. The molecule has 0 spiro atoms. The van der Waals surface area contributed by atoms with Gasteiger partial charge in [-0.25, -0.2) is 4.79 Å². The van der Waals surface area contributed by atoms with Crippen LogP contribution in [-0.2, 0) is 5.60 Å². The molecule has 0 atom stereocenters. The molecular formula is C10H14N2O2. The van der Waals surface area contributed by atoms with E-state index in [0.29, 0.717) is 11.3 Å². The number of nitrogens with one attached hydrogen (secondary N) is 1. The number of para-hydroxylation sites is 1. The summed E-state index contributed by atoms with van der Waals surface area (Å²) in [5.41, 5.74) is 5.18. The van der Waals surface area contributed by atoms with Crippen LogP contribution in [-0.4, -0.2) is 11.1 Å². The molecule has 0 aromatic heterocycles. The maximum Gasteiger partial charge on any atom is 0.316 e. The second-order valence-electron chi connectivity index (χ2n) is 3.59. The van der Waals surface area contributed by atoms with Crippen LogP contribution in [0.2, 0.25) is 0 Å². The summed E-state index contributed by atoms with van der Waals surface area (Å²) in [6.07, 6.45) is 0. The van der Waals surface area contributed by atoms with E-state index >= 15 is 0 Å². The van der Waals surface area contributed by atoms with Gasteiger partial charge in [-0.2, -0.15) is 0 Å². The van der Waals surface area contributed by atoms with Gasteiger partial charge in [-0.3, -0.25) is 0 Å². The molecule has 4 N–H and O–H groups in total. The summed E-state index contributed by atoms with van der Waals surface area (Å²) in [7, 11) is 0. The molecule has 0 bridgehead atoms. The average molecular weight is 194 g/mol. The monoisotopic (exact) mass is 194 g/mol. The Hall–Kier alpha value is -1.55. The Labute approximate surface area is 82.7 Å². The Bertz CT molecular complexity index is 342. The first-order chi connectivity index (χ1) is 6.41. The second-order valence-corrected chi connectivity index (χ2v) is 3.59. The highest BCUT2D eigenvalue weighted by atomic mass is 16.3. The lowest BCUT2D eigenvalue weighted by molar-refractivity contribution is 0.0794. The summed E-state index contributed by atoms with van der Waals surface area (Å²) < 4.78 is 0. The van der Waals surface area contributed by atoms with Gasteiger partial charge in [0.1, 0.15) is 0 Å². The van der Waals surface area contributed by atoms with Gasteiger partial charge in [-0.15, -0.1) is 0 Å². The van der Waals surface area contributed by atoms with Gasteiger partial charge in [0.2, 0.25) is 0 Å². The maximum atomic E-state index is 10.7. The molecule has 2 amide bonds. The summed E-state index contributed by atoms with van der Waals surface area (Å²) in [6.45, 7) is 3.29. The van der Waals surface area contributed by atoms with Crippen LogP contribution in [0.1, 0.15) is 19.4 Å².